The second-order valence-corrected chi connectivity index (χ2v) is 6.57. The predicted molar refractivity (Wildman–Crippen MR) is 97.8 cm³/mol. The number of benzene rings is 1. The Bertz CT molecular complexity index is 612. The molecule has 2 rings (SSSR count). The Hall–Kier alpha value is -2.44. The molecule has 0 spiro atoms. The molecule has 0 unspecified atom stereocenters. The van der Waals surface area contributed by atoms with E-state index < -0.39 is 5.97 Å². The molecule has 1 aliphatic carbocycles. The number of carboxylic acid groups (broad SMARTS) is 1. The summed E-state index contributed by atoms with van der Waals surface area (Å²) in [6.45, 7) is 0.552. The zero-order valence-corrected chi connectivity index (χ0v) is 15.4. The van der Waals surface area contributed by atoms with Gasteiger partial charge < -0.3 is 25.2 Å². The first kappa shape index (κ1) is 19.9. The molecule has 0 atom stereocenters. The number of aliphatic carboxylic acids is 1. The minimum absolute atomic E-state index is 0.0593. The average molecular weight is 364 g/mol. The van der Waals surface area contributed by atoms with Crippen molar-refractivity contribution in [1.82, 2.24) is 10.6 Å². The molecule has 0 aliphatic heterocycles. The van der Waals surface area contributed by atoms with Gasteiger partial charge in [-0.3, -0.25) is 4.79 Å². The molecule has 1 saturated carbocycles. The van der Waals surface area contributed by atoms with Gasteiger partial charge in [0, 0.05) is 12.6 Å². The van der Waals surface area contributed by atoms with Gasteiger partial charge in [0.25, 0.3) is 0 Å². The number of methoxy groups -OCH3 is 2. The summed E-state index contributed by atoms with van der Waals surface area (Å²) in [5.74, 6) is 0.587. The first-order valence-electron chi connectivity index (χ1n) is 9.01. The molecule has 0 bridgehead atoms. The van der Waals surface area contributed by atoms with Crippen molar-refractivity contribution in [2.75, 3.05) is 20.8 Å². The topological polar surface area (TPSA) is 96.9 Å². The van der Waals surface area contributed by atoms with Crippen LogP contribution in [0.2, 0.25) is 0 Å². The minimum atomic E-state index is -0.735. The van der Waals surface area contributed by atoms with Crippen LogP contribution in [0, 0.1) is 5.92 Å². The summed E-state index contributed by atoms with van der Waals surface area (Å²) in [5, 5.41) is 14.8. The Morgan fingerprint density at radius 3 is 2.50 bits per heavy atom. The highest BCUT2D eigenvalue weighted by Crippen LogP contribution is 2.25. The molecular weight excluding hydrogens is 336 g/mol. The maximum Gasteiger partial charge on any atom is 0.315 e. The van der Waals surface area contributed by atoms with Crippen molar-refractivity contribution >= 4 is 12.0 Å². The molecule has 2 amide bonds. The van der Waals surface area contributed by atoms with Crippen LogP contribution in [-0.4, -0.2) is 43.9 Å². The van der Waals surface area contributed by atoms with Gasteiger partial charge in [-0.15, -0.1) is 0 Å². The summed E-state index contributed by atoms with van der Waals surface area (Å²) in [4.78, 5) is 22.9. The van der Waals surface area contributed by atoms with E-state index >= 15 is 0 Å². The van der Waals surface area contributed by atoms with Gasteiger partial charge in [0.1, 0.15) is 11.5 Å². The predicted octanol–water partition coefficient (Wildman–Crippen LogP) is 2.58. The molecule has 1 aliphatic rings. The number of carboxylic acids is 1. The monoisotopic (exact) mass is 364 g/mol. The molecule has 144 valence electrons. The third kappa shape index (κ3) is 5.82. The first-order chi connectivity index (χ1) is 12.5. The lowest BCUT2D eigenvalue weighted by Gasteiger charge is -2.26. The van der Waals surface area contributed by atoms with E-state index in [0.29, 0.717) is 32.2 Å². The van der Waals surface area contributed by atoms with E-state index in [1.54, 1.807) is 14.2 Å². The zero-order valence-electron chi connectivity index (χ0n) is 15.4. The van der Waals surface area contributed by atoms with Crippen LogP contribution in [0.5, 0.6) is 11.5 Å². The largest absolute Gasteiger partial charge is 0.497 e. The molecular formula is C19H28N2O5. The van der Waals surface area contributed by atoms with Crippen molar-refractivity contribution in [2.24, 2.45) is 5.92 Å². The molecule has 1 aromatic carbocycles. The van der Waals surface area contributed by atoms with E-state index in [4.69, 9.17) is 14.6 Å². The summed E-state index contributed by atoms with van der Waals surface area (Å²) in [6.07, 6.45) is 4.22. The average Bonchev–Trinajstić information content (AvgIpc) is 2.65. The van der Waals surface area contributed by atoms with Crippen LogP contribution in [0.15, 0.2) is 18.2 Å². The lowest BCUT2D eigenvalue weighted by atomic mass is 9.86. The normalized spacial score (nSPS) is 19.5. The van der Waals surface area contributed by atoms with Crippen molar-refractivity contribution in [3.8, 4) is 11.5 Å². The highest BCUT2D eigenvalue weighted by molar-refractivity contribution is 5.74. The molecule has 7 nitrogen and oxygen atoms in total. The van der Waals surface area contributed by atoms with Crippen molar-refractivity contribution < 1.29 is 24.2 Å². The Morgan fingerprint density at radius 2 is 1.88 bits per heavy atom. The van der Waals surface area contributed by atoms with E-state index in [0.717, 1.165) is 29.9 Å². The van der Waals surface area contributed by atoms with Gasteiger partial charge in [-0.2, -0.15) is 0 Å². The highest BCUT2D eigenvalue weighted by atomic mass is 16.5. The molecule has 26 heavy (non-hydrogen) atoms. The molecule has 1 aromatic rings. The van der Waals surface area contributed by atoms with E-state index in [1.807, 2.05) is 18.2 Å². The van der Waals surface area contributed by atoms with Gasteiger partial charge in [0.15, 0.2) is 0 Å². The number of hydrogen-bond acceptors (Lipinski definition) is 4. The number of hydrogen-bond donors (Lipinski definition) is 3. The van der Waals surface area contributed by atoms with Gasteiger partial charge in [0.05, 0.1) is 20.1 Å². The van der Waals surface area contributed by atoms with Gasteiger partial charge in [0.2, 0.25) is 0 Å². The summed E-state index contributed by atoms with van der Waals surface area (Å²) in [5.41, 5.74) is 1.04. The minimum Gasteiger partial charge on any atom is -0.497 e. The van der Waals surface area contributed by atoms with Crippen LogP contribution in [0.4, 0.5) is 4.79 Å². The quantitative estimate of drug-likeness (QED) is 0.616. The van der Waals surface area contributed by atoms with Gasteiger partial charge >= 0.3 is 12.0 Å². The lowest BCUT2D eigenvalue weighted by molar-refractivity contribution is -0.142. The summed E-state index contributed by atoms with van der Waals surface area (Å²) >= 11 is 0. The fraction of sp³-hybridized carbons (Fsp3) is 0.579. The fourth-order valence-corrected chi connectivity index (χ4v) is 3.28. The Labute approximate surface area is 154 Å². The number of aryl methyl sites for hydroxylation is 1. The summed E-state index contributed by atoms with van der Waals surface area (Å²) in [6, 6.07) is 5.54. The van der Waals surface area contributed by atoms with Crippen LogP contribution in [-0.2, 0) is 11.2 Å². The Morgan fingerprint density at radius 1 is 1.15 bits per heavy atom. The van der Waals surface area contributed by atoms with Crippen molar-refractivity contribution in [1.29, 1.82) is 0 Å². The molecule has 0 radical (unpaired) electrons. The fourth-order valence-electron chi connectivity index (χ4n) is 3.28. The Balaban J connectivity index is 1.68. The third-order valence-electron chi connectivity index (χ3n) is 4.81. The Kier molecular flexibility index (Phi) is 7.56. The van der Waals surface area contributed by atoms with Crippen LogP contribution >= 0.6 is 0 Å². The third-order valence-corrected chi connectivity index (χ3v) is 4.81. The van der Waals surface area contributed by atoms with Crippen LogP contribution in [0.3, 0.4) is 0 Å². The number of ether oxygens (including phenoxy) is 2. The molecule has 0 heterocycles. The first-order valence-corrected chi connectivity index (χ1v) is 9.01. The second-order valence-electron chi connectivity index (χ2n) is 6.57. The van der Waals surface area contributed by atoms with Gasteiger partial charge in [-0.1, -0.05) is 0 Å². The summed E-state index contributed by atoms with van der Waals surface area (Å²) in [7, 11) is 3.26. The smallest absolute Gasteiger partial charge is 0.315 e. The van der Waals surface area contributed by atoms with E-state index in [9.17, 15) is 9.59 Å². The maximum atomic E-state index is 12.0. The number of carbonyl (C=O) groups is 2. The SMILES string of the molecule is COc1ccc(OC)c(CCCNC(=O)NC2CCC(C(=O)O)CC2)c1. The summed E-state index contributed by atoms with van der Waals surface area (Å²) < 4.78 is 10.6. The molecule has 3 N–H and O–H groups in total. The van der Waals surface area contributed by atoms with Crippen molar-refractivity contribution in [3.63, 3.8) is 0 Å². The number of amides is 2. The number of nitrogens with one attached hydrogen (secondary N) is 2. The molecule has 0 aromatic heterocycles. The lowest BCUT2D eigenvalue weighted by Crippen LogP contribution is -2.44. The van der Waals surface area contributed by atoms with E-state index in [1.165, 1.54) is 0 Å². The van der Waals surface area contributed by atoms with Crippen LogP contribution in [0.1, 0.15) is 37.7 Å². The van der Waals surface area contributed by atoms with Gasteiger partial charge in [-0.25, -0.2) is 4.79 Å². The highest BCUT2D eigenvalue weighted by Gasteiger charge is 2.26. The molecule has 7 heteroatoms. The van der Waals surface area contributed by atoms with Crippen molar-refractivity contribution in [2.45, 2.75) is 44.6 Å². The molecule has 0 saturated heterocycles. The molecule has 1 fully saturated rings. The number of urea groups is 1. The van der Waals surface area contributed by atoms with E-state index in [-0.39, 0.29) is 18.0 Å². The second kappa shape index (κ2) is 9.89. The van der Waals surface area contributed by atoms with Crippen LogP contribution < -0.4 is 20.1 Å². The number of rotatable bonds is 8. The maximum absolute atomic E-state index is 12.0. The van der Waals surface area contributed by atoms with Crippen molar-refractivity contribution in [3.05, 3.63) is 23.8 Å². The van der Waals surface area contributed by atoms with Gasteiger partial charge in [-0.05, 0) is 62.3 Å². The standard InChI is InChI=1S/C19H28N2O5/c1-25-16-9-10-17(26-2)14(12-16)4-3-11-20-19(24)21-15-7-5-13(6-8-15)18(22)23/h9-10,12-13,15H,3-8,11H2,1-2H3,(H,22,23)(H2,20,21,24). The van der Waals surface area contributed by atoms with Crippen LogP contribution in [0.25, 0.3) is 0 Å². The van der Waals surface area contributed by atoms with E-state index in [2.05, 4.69) is 10.6 Å². The zero-order chi connectivity index (χ0) is 18.9. The number of carbonyl (C=O) groups excluding carboxylic acids is 1.